The number of carboxylic acid groups (broad SMARTS) is 1. The molecule has 2 atom stereocenters. The van der Waals surface area contributed by atoms with Crippen molar-refractivity contribution in [3.05, 3.63) is 83.4 Å². The molecule has 0 aliphatic rings. The minimum Gasteiger partial charge on any atom is -0.481 e. The summed E-state index contributed by atoms with van der Waals surface area (Å²) in [4.78, 5) is 24.6. The van der Waals surface area contributed by atoms with Gasteiger partial charge in [-0.05, 0) is 48.6 Å². The van der Waals surface area contributed by atoms with Crippen molar-refractivity contribution in [2.45, 2.75) is 25.3 Å². The first-order chi connectivity index (χ1) is 16.3. The number of hydrogen-bond acceptors (Lipinski definition) is 5. The molecule has 1 unspecified atom stereocenters. The van der Waals surface area contributed by atoms with Gasteiger partial charge in [-0.15, -0.1) is 6.58 Å². The number of carboxylic acids is 1. The molecule has 4 N–H and O–H groups in total. The molecule has 3 aromatic rings. The molecule has 3 rings (SSSR count). The van der Waals surface area contributed by atoms with E-state index in [-0.39, 0.29) is 25.0 Å². The highest BCUT2D eigenvalue weighted by atomic mass is 35.5. The fourth-order valence-electron chi connectivity index (χ4n) is 3.77. The van der Waals surface area contributed by atoms with Crippen LogP contribution in [0.15, 0.2) is 61.3 Å². The van der Waals surface area contributed by atoms with Crippen molar-refractivity contribution in [2.75, 3.05) is 6.61 Å². The van der Waals surface area contributed by atoms with Gasteiger partial charge in [-0.3, -0.25) is 9.59 Å². The number of hydrogen-bond donors (Lipinski definition) is 4. The van der Waals surface area contributed by atoms with Crippen molar-refractivity contribution in [3.63, 3.8) is 0 Å². The molecule has 1 aromatic heterocycles. The van der Waals surface area contributed by atoms with Gasteiger partial charge < -0.3 is 15.5 Å². The van der Waals surface area contributed by atoms with Crippen LogP contribution in [0, 0.1) is 11.2 Å². The summed E-state index contributed by atoms with van der Waals surface area (Å²) in [5.74, 6) is -2.14. The van der Waals surface area contributed by atoms with Crippen LogP contribution in [0.25, 0.3) is 11.1 Å². The quantitative estimate of drug-likeness (QED) is 0.306. The number of amides is 1. The predicted octanol–water partition coefficient (Wildman–Crippen LogP) is 3.63. The van der Waals surface area contributed by atoms with E-state index in [9.17, 15) is 24.2 Å². The van der Waals surface area contributed by atoms with E-state index in [1.54, 1.807) is 24.3 Å². The Hall–Kier alpha value is -3.56. The van der Waals surface area contributed by atoms with Crippen LogP contribution in [0.4, 0.5) is 4.39 Å². The lowest BCUT2D eigenvalue weighted by Gasteiger charge is -2.31. The van der Waals surface area contributed by atoms with Crippen LogP contribution in [0.3, 0.4) is 0 Å². The van der Waals surface area contributed by atoms with E-state index >= 15 is 0 Å². The lowest BCUT2D eigenvalue weighted by molar-refractivity contribution is -0.152. The maximum absolute atomic E-state index is 14.2. The van der Waals surface area contributed by atoms with Crippen molar-refractivity contribution in [1.82, 2.24) is 20.7 Å². The number of rotatable bonds is 11. The van der Waals surface area contributed by atoms with Gasteiger partial charge in [0.1, 0.15) is 5.82 Å². The van der Waals surface area contributed by atoms with E-state index in [0.29, 0.717) is 16.1 Å². The smallest absolute Gasteiger partial charge is 0.312 e. The second-order valence-electron chi connectivity index (χ2n) is 7.99. The Morgan fingerprint density at radius 1 is 1.26 bits per heavy atom. The van der Waals surface area contributed by atoms with Gasteiger partial charge in [0.05, 0.1) is 18.2 Å². The summed E-state index contributed by atoms with van der Waals surface area (Å²) in [6.07, 6.45) is 2.89. The summed E-state index contributed by atoms with van der Waals surface area (Å²) in [5, 5.41) is 32.6. The maximum Gasteiger partial charge on any atom is 0.312 e. The first-order valence-electron chi connectivity index (χ1n) is 10.4. The first kappa shape index (κ1) is 25.1. The topological polar surface area (TPSA) is 128 Å². The van der Waals surface area contributed by atoms with Crippen molar-refractivity contribution < 1.29 is 24.2 Å². The van der Waals surface area contributed by atoms with Crippen LogP contribution in [-0.4, -0.2) is 50.1 Å². The largest absolute Gasteiger partial charge is 0.481 e. The number of halogens is 2. The average Bonchev–Trinajstić information content (AvgIpc) is 3.36. The summed E-state index contributed by atoms with van der Waals surface area (Å²) in [7, 11) is 0. The Morgan fingerprint density at radius 3 is 2.59 bits per heavy atom. The summed E-state index contributed by atoms with van der Waals surface area (Å²) < 4.78 is 14.2. The molecule has 0 aliphatic carbocycles. The molecular formula is C24H24ClFN4O4. The molecule has 34 heavy (non-hydrogen) atoms. The zero-order valence-corrected chi connectivity index (χ0v) is 18.9. The number of aromatic nitrogens is 3. The van der Waals surface area contributed by atoms with Crippen LogP contribution in [0.1, 0.15) is 28.9 Å². The molecule has 0 aliphatic heterocycles. The van der Waals surface area contributed by atoms with E-state index < -0.39 is 35.8 Å². The number of H-pyrrole nitrogens is 1. The molecule has 1 amide bonds. The van der Waals surface area contributed by atoms with Gasteiger partial charge >= 0.3 is 5.97 Å². The van der Waals surface area contributed by atoms with Crippen molar-refractivity contribution in [2.24, 2.45) is 5.41 Å². The minimum atomic E-state index is -1.52. The molecule has 0 spiro atoms. The Kier molecular flexibility index (Phi) is 8.14. The normalized spacial score (nSPS) is 13.6. The molecule has 1 heterocycles. The Labute approximate surface area is 200 Å². The van der Waals surface area contributed by atoms with E-state index in [2.05, 4.69) is 27.3 Å². The van der Waals surface area contributed by atoms with Gasteiger partial charge in [-0.1, -0.05) is 41.9 Å². The third-order valence-electron chi connectivity index (χ3n) is 5.59. The standard InChI is InChI=1S/C24H24ClFN4O4/c1-2-9-24(14-31,23(33)34)12-18(28-22(32)21-13-27-30-29-21)10-15-3-5-16(6-4-15)19-11-17(25)7-8-20(19)26/h2-8,11,13,18,31H,1,9-10,12,14H2,(H,28,32)(H,33,34)(H,27,29,30)/t18-,24?/m0/s1. The molecule has 0 saturated carbocycles. The monoisotopic (exact) mass is 486 g/mol. The van der Waals surface area contributed by atoms with Gasteiger partial charge in [0, 0.05) is 16.6 Å². The highest BCUT2D eigenvalue weighted by molar-refractivity contribution is 6.30. The van der Waals surface area contributed by atoms with Crippen LogP contribution in [0.2, 0.25) is 5.02 Å². The maximum atomic E-state index is 14.2. The summed E-state index contributed by atoms with van der Waals surface area (Å²) >= 11 is 5.99. The van der Waals surface area contributed by atoms with E-state index in [0.717, 1.165) is 5.56 Å². The van der Waals surface area contributed by atoms with Crippen LogP contribution >= 0.6 is 11.6 Å². The molecule has 0 radical (unpaired) electrons. The lowest BCUT2D eigenvalue weighted by Crippen LogP contribution is -2.45. The zero-order valence-electron chi connectivity index (χ0n) is 18.2. The van der Waals surface area contributed by atoms with Gasteiger partial charge in [-0.25, -0.2) is 4.39 Å². The van der Waals surface area contributed by atoms with E-state index in [1.807, 2.05) is 0 Å². The van der Waals surface area contributed by atoms with Gasteiger partial charge in [0.15, 0.2) is 5.69 Å². The number of carbonyl (C=O) groups excluding carboxylic acids is 1. The van der Waals surface area contributed by atoms with Crippen LogP contribution in [0.5, 0.6) is 0 Å². The molecule has 0 saturated heterocycles. The fourth-order valence-corrected chi connectivity index (χ4v) is 3.94. The lowest BCUT2D eigenvalue weighted by atomic mass is 9.78. The molecule has 8 nitrogen and oxygen atoms in total. The summed E-state index contributed by atoms with van der Waals surface area (Å²) in [6.45, 7) is 2.97. The molecule has 2 aromatic carbocycles. The number of carbonyl (C=O) groups is 2. The number of benzene rings is 2. The third-order valence-corrected chi connectivity index (χ3v) is 5.82. The third kappa shape index (κ3) is 5.86. The summed E-state index contributed by atoms with van der Waals surface area (Å²) in [6, 6.07) is 10.6. The van der Waals surface area contributed by atoms with Gasteiger partial charge in [-0.2, -0.15) is 15.4 Å². The number of nitrogens with zero attached hydrogens (tertiary/aromatic N) is 2. The molecule has 178 valence electrons. The Bertz CT molecular complexity index is 1150. The summed E-state index contributed by atoms with van der Waals surface area (Å²) in [5.41, 5.74) is 0.269. The second kappa shape index (κ2) is 11.0. The highest BCUT2D eigenvalue weighted by Crippen LogP contribution is 2.31. The molecule has 10 heteroatoms. The average molecular weight is 487 g/mol. The van der Waals surface area contributed by atoms with Crippen molar-refractivity contribution in [3.8, 4) is 11.1 Å². The van der Waals surface area contributed by atoms with E-state index in [4.69, 9.17) is 11.6 Å². The Morgan fingerprint density at radius 2 is 2.00 bits per heavy atom. The number of aliphatic hydroxyl groups is 1. The van der Waals surface area contributed by atoms with Crippen LogP contribution in [-0.2, 0) is 11.2 Å². The van der Waals surface area contributed by atoms with Crippen molar-refractivity contribution >= 4 is 23.5 Å². The Balaban J connectivity index is 1.86. The number of nitrogens with one attached hydrogen (secondary N) is 2. The number of aliphatic carboxylic acids is 1. The SMILES string of the molecule is C=CCC(CO)(C[C@H](Cc1ccc(-c2cc(Cl)ccc2F)cc1)NC(=O)c1cn[nH]n1)C(=O)O. The van der Waals surface area contributed by atoms with E-state index in [1.165, 1.54) is 30.5 Å². The van der Waals surface area contributed by atoms with Crippen LogP contribution < -0.4 is 5.32 Å². The fraction of sp³-hybridized carbons (Fsp3) is 0.250. The first-order valence-corrected chi connectivity index (χ1v) is 10.8. The number of aromatic amines is 1. The van der Waals surface area contributed by atoms with Crippen molar-refractivity contribution in [1.29, 1.82) is 0 Å². The molecular weight excluding hydrogens is 463 g/mol. The van der Waals surface area contributed by atoms with Gasteiger partial charge in [0.25, 0.3) is 5.91 Å². The molecule has 0 fully saturated rings. The number of allylic oxidation sites excluding steroid dienone is 1. The predicted molar refractivity (Wildman–Crippen MR) is 125 cm³/mol. The zero-order chi connectivity index (χ0) is 24.7. The second-order valence-corrected chi connectivity index (χ2v) is 8.43. The van der Waals surface area contributed by atoms with Gasteiger partial charge in [0.2, 0.25) is 0 Å². The number of aliphatic hydroxyl groups excluding tert-OH is 1. The highest BCUT2D eigenvalue weighted by Gasteiger charge is 2.39. The molecule has 0 bridgehead atoms. The minimum absolute atomic E-state index is 0.0160.